The number of rotatable bonds is 4. The van der Waals surface area contributed by atoms with Gasteiger partial charge in [-0.3, -0.25) is 4.90 Å². The van der Waals surface area contributed by atoms with Gasteiger partial charge in [0.2, 0.25) is 10.0 Å². The first-order chi connectivity index (χ1) is 11.0. The van der Waals surface area contributed by atoms with Gasteiger partial charge < -0.3 is 0 Å². The summed E-state index contributed by atoms with van der Waals surface area (Å²) < 4.78 is 27.8. The third kappa shape index (κ3) is 3.10. The number of hydrogen-bond acceptors (Lipinski definition) is 3. The lowest BCUT2D eigenvalue weighted by Crippen LogP contribution is -2.56. The minimum atomic E-state index is -3.41. The molecule has 0 bridgehead atoms. The summed E-state index contributed by atoms with van der Waals surface area (Å²) in [6, 6.07) is 7.23. The Hall–Kier alpha value is -1.17. The Morgan fingerprint density at radius 3 is 2.70 bits per heavy atom. The monoisotopic (exact) mass is 334 g/mol. The average molecular weight is 334 g/mol. The van der Waals surface area contributed by atoms with E-state index in [4.69, 9.17) is 0 Å². The predicted octanol–water partition coefficient (Wildman–Crippen LogP) is 2.80. The van der Waals surface area contributed by atoms with E-state index in [1.807, 2.05) is 25.1 Å². The van der Waals surface area contributed by atoms with Gasteiger partial charge >= 0.3 is 0 Å². The van der Waals surface area contributed by atoms with Gasteiger partial charge in [-0.15, -0.1) is 6.58 Å². The van der Waals surface area contributed by atoms with Crippen LogP contribution in [0.3, 0.4) is 0 Å². The summed E-state index contributed by atoms with van der Waals surface area (Å²) in [5, 5.41) is 0. The van der Waals surface area contributed by atoms with Crippen molar-refractivity contribution in [3.8, 4) is 0 Å². The van der Waals surface area contributed by atoms with Crippen molar-refractivity contribution >= 4 is 10.0 Å². The van der Waals surface area contributed by atoms with Crippen LogP contribution >= 0.6 is 0 Å². The Bertz CT molecular complexity index is 686. The van der Waals surface area contributed by atoms with Crippen LogP contribution in [-0.4, -0.2) is 49.3 Å². The van der Waals surface area contributed by atoms with Crippen molar-refractivity contribution in [1.29, 1.82) is 0 Å². The van der Waals surface area contributed by atoms with Crippen molar-refractivity contribution in [2.75, 3.05) is 26.2 Å². The number of benzene rings is 1. The number of aryl methyl sites for hydroxylation is 1. The van der Waals surface area contributed by atoms with Crippen LogP contribution in [0.15, 0.2) is 41.8 Å². The summed E-state index contributed by atoms with van der Waals surface area (Å²) in [4.78, 5) is 2.85. The maximum Gasteiger partial charge on any atom is 0.243 e. The molecule has 4 nitrogen and oxygen atoms in total. The zero-order chi connectivity index (χ0) is 16.5. The molecule has 0 aliphatic carbocycles. The zero-order valence-electron chi connectivity index (χ0n) is 13.9. The molecule has 5 heteroatoms. The molecular formula is C18H26N2O2S. The summed E-state index contributed by atoms with van der Waals surface area (Å²) in [5.74, 6) is 0. The molecule has 0 saturated carbocycles. The van der Waals surface area contributed by atoms with E-state index in [-0.39, 0.29) is 5.54 Å². The molecule has 1 aromatic rings. The fraction of sp³-hybridized carbons (Fsp3) is 0.556. The second kappa shape index (κ2) is 6.38. The Morgan fingerprint density at radius 2 is 2.00 bits per heavy atom. The fourth-order valence-corrected chi connectivity index (χ4v) is 5.76. The lowest BCUT2D eigenvalue weighted by Gasteiger charge is -2.45. The largest absolute Gasteiger partial charge is 0.293 e. The highest BCUT2D eigenvalue weighted by atomic mass is 32.2. The SMILES string of the molecule is C=CCN1CCC[C@@]12CCCN(S(=O)(=O)c1cccc(C)c1)C2. The van der Waals surface area contributed by atoms with E-state index in [0.717, 1.165) is 44.3 Å². The first-order valence-electron chi connectivity index (χ1n) is 8.41. The van der Waals surface area contributed by atoms with Gasteiger partial charge in [0.05, 0.1) is 4.90 Å². The molecule has 23 heavy (non-hydrogen) atoms. The van der Waals surface area contributed by atoms with Gasteiger partial charge in [-0.05, 0) is 56.8 Å². The van der Waals surface area contributed by atoms with Gasteiger partial charge in [0.15, 0.2) is 0 Å². The van der Waals surface area contributed by atoms with Crippen LogP contribution in [0.5, 0.6) is 0 Å². The third-order valence-electron chi connectivity index (χ3n) is 5.24. The van der Waals surface area contributed by atoms with Crippen molar-refractivity contribution in [2.24, 2.45) is 0 Å². The molecule has 0 unspecified atom stereocenters. The quantitative estimate of drug-likeness (QED) is 0.795. The molecular weight excluding hydrogens is 308 g/mol. The van der Waals surface area contributed by atoms with Crippen LogP contribution < -0.4 is 0 Å². The Labute approximate surface area is 139 Å². The molecule has 1 spiro atoms. The first-order valence-corrected chi connectivity index (χ1v) is 9.85. The van der Waals surface area contributed by atoms with E-state index < -0.39 is 10.0 Å². The van der Waals surface area contributed by atoms with Crippen molar-refractivity contribution in [3.05, 3.63) is 42.5 Å². The van der Waals surface area contributed by atoms with E-state index in [1.165, 1.54) is 0 Å². The van der Waals surface area contributed by atoms with E-state index >= 15 is 0 Å². The van der Waals surface area contributed by atoms with Crippen LogP contribution in [0.1, 0.15) is 31.2 Å². The van der Waals surface area contributed by atoms with Gasteiger partial charge in [-0.2, -0.15) is 4.31 Å². The van der Waals surface area contributed by atoms with Crippen LogP contribution in [-0.2, 0) is 10.0 Å². The molecule has 2 aliphatic rings. The second-order valence-corrected chi connectivity index (χ2v) is 8.76. The Morgan fingerprint density at radius 1 is 1.26 bits per heavy atom. The molecule has 126 valence electrons. The molecule has 1 atom stereocenters. The Kier molecular flexibility index (Phi) is 4.63. The smallest absolute Gasteiger partial charge is 0.243 e. The second-order valence-electron chi connectivity index (χ2n) is 6.82. The highest BCUT2D eigenvalue weighted by Gasteiger charge is 2.45. The zero-order valence-corrected chi connectivity index (χ0v) is 14.7. The van der Waals surface area contributed by atoms with Gasteiger partial charge in [0, 0.05) is 25.2 Å². The van der Waals surface area contributed by atoms with Crippen molar-refractivity contribution in [2.45, 2.75) is 43.0 Å². The van der Waals surface area contributed by atoms with Crippen molar-refractivity contribution in [3.63, 3.8) is 0 Å². The number of piperidine rings is 1. The molecule has 2 heterocycles. The maximum absolute atomic E-state index is 13.0. The topological polar surface area (TPSA) is 40.6 Å². The van der Waals surface area contributed by atoms with Crippen LogP contribution in [0.4, 0.5) is 0 Å². The van der Waals surface area contributed by atoms with E-state index in [0.29, 0.717) is 18.0 Å². The maximum atomic E-state index is 13.0. The van der Waals surface area contributed by atoms with Gasteiger partial charge in [-0.1, -0.05) is 18.2 Å². The molecule has 2 aliphatic heterocycles. The third-order valence-corrected chi connectivity index (χ3v) is 7.08. The normalized spacial score (nSPS) is 26.7. The van der Waals surface area contributed by atoms with Crippen LogP contribution in [0.25, 0.3) is 0 Å². The fourth-order valence-electron chi connectivity index (χ4n) is 4.10. The van der Waals surface area contributed by atoms with Gasteiger partial charge in [0.25, 0.3) is 0 Å². The Balaban J connectivity index is 1.87. The summed E-state index contributed by atoms with van der Waals surface area (Å²) in [7, 11) is -3.41. The summed E-state index contributed by atoms with van der Waals surface area (Å²) in [6.45, 7) is 8.91. The van der Waals surface area contributed by atoms with E-state index in [2.05, 4.69) is 11.5 Å². The molecule has 0 radical (unpaired) electrons. The minimum absolute atomic E-state index is 0.00331. The molecule has 0 aromatic heterocycles. The van der Waals surface area contributed by atoms with E-state index in [9.17, 15) is 8.42 Å². The number of likely N-dealkylation sites (tertiary alicyclic amines) is 1. The average Bonchev–Trinajstić information content (AvgIpc) is 2.90. The highest BCUT2D eigenvalue weighted by Crippen LogP contribution is 2.38. The summed E-state index contributed by atoms with van der Waals surface area (Å²) in [6.07, 6.45) is 6.17. The molecule has 2 saturated heterocycles. The molecule has 0 amide bonds. The van der Waals surface area contributed by atoms with Crippen molar-refractivity contribution < 1.29 is 8.42 Å². The lowest BCUT2D eigenvalue weighted by molar-refractivity contribution is 0.0841. The van der Waals surface area contributed by atoms with Crippen molar-refractivity contribution in [1.82, 2.24) is 9.21 Å². The van der Waals surface area contributed by atoms with Crippen LogP contribution in [0.2, 0.25) is 0 Å². The highest BCUT2D eigenvalue weighted by molar-refractivity contribution is 7.89. The van der Waals surface area contributed by atoms with Crippen LogP contribution in [0, 0.1) is 6.92 Å². The molecule has 1 aromatic carbocycles. The predicted molar refractivity (Wildman–Crippen MR) is 92.9 cm³/mol. The minimum Gasteiger partial charge on any atom is -0.293 e. The number of sulfonamides is 1. The molecule has 0 N–H and O–H groups in total. The lowest BCUT2D eigenvalue weighted by atomic mass is 9.87. The molecule has 2 fully saturated rings. The van der Waals surface area contributed by atoms with E-state index in [1.54, 1.807) is 16.4 Å². The standard InChI is InChI=1S/C18H26N2O2S/c1-3-11-19-12-5-9-18(19)10-6-13-20(15-18)23(21,22)17-8-4-7-16(2)14-17/h3-4,7-8,14H,1,5-6,9-13,15H2,2H3/t18-/m0/s1. The first kappa shape index (κ1) is 16.7. The molecule has 3 rings (SSSR count). The van der Waals surface area contributed by atoms with Gasteiger partial charge in [-0.25, -0.2) is 8.42 Å². The summed E-state index contributed by atoms with van der Waals surface area (Å²) >= 11 is 0. The van der Waals surface area contributed by atoms with Gasteiger partial charge in [0.1, 0.15) is 0 Å². The summed E-state index contributed by atoms with van der Waals surface area (Å²) in [5.41, 5.74) is 0.982. The number of hydrogen-bond donors (Lipinski definition) is 0. The number of nitrogens with zero attached hydrogens (tertiary/aromatic N) is 2.